The van der Waals surface area contributed by atoms with Crippen LogP contribution >= 0.6 is 23.2 Å². The summed E-state index contributed by atoms with van der Waals surface area (Å²) in [6.45, 7) is 0.859. The first-order valence-electron chi connectivity index (χ1n) is 6.82. The van der Waals surface area contributed by atoms with Crippen LogP contribution in [0.25, 0.3) is 0 Å². The zero-order valence-corrected chi connectivity index (χ0v) is 13.0. The zero-order valence-electron chi connectivity index (χ0n) is 11.5. The van der Waals surface area contributed by atoms with Gasteiger partial charge in [-0.05, 0) is 53.4 Å². The molecule has 1 aromatic heterocycles. The predicted octanol–water partition coefficient (Wildman–Crippen LogP) is 5.43. The second-order valence-corrected chi connectivity index (χ2v) is 5.99. The standard InChI is InChI=1S/C18H15Cl2N/c19-17-5-1-14(2-6-17)11-16-9-10-21(13-16)12-15-3-7-18(20)8-4-15/h1-10,13H,11-12H2. The number of hydrogen-bond acceptors (Lipinski definition) is 0. The van der Waals surface area contributed by atoms with E-state index >= 15 is 0 Å². The summed E-state index contributed by atoms with van der Waals surface area (Å²) in [6, 6.07) is 18.1. The Morgan fingerprint density at radius 2 is 1.24 bits per heavy atom. The van der Waals surface area contributed by atoms with Crippen LogP contribution in [0.5, 0.6) is 0 Å². The molecule has 106 valence electrons. The normalized spacial score (nSPS) is 10.8. The van der Waals surface area contributed by atoms with Crippen molar-refractivity contribution in [3.8, 4) is 0 Å². The largest absolute Gasteiger partial charge is 0.350 e. The van der Waals surface area contributed by atoms with Crippen molar-refractivity contribution < 1.29 is 0 Å². The zero-order chi connectivity index (χ0) is 14.7. The van der Waals surface area contributed by atoms with Crippen molar-refractivity contribution in [3.63, 3.8) is 0 Å². The number of rotatable bonds is 4. The number of halogens is 2. The first-order valence-corrected chi connectivity index (χ1v) is 7.58. The highest BCUT2D eigenvalue weighted by Gasteiger charge is 2.01. The molecule has 0 N–H and O–H groups in total. The van der Waals surface area contributed by atoms with Crippen LogP contribution in [-0.2, 0) is 13.0 Å². The highest BCUT2D eigenvalue weighted by Crippen LogP contribution is 2.15. The third kappa shape index (κ3) is 3.90. The lowest BCUT2D eigenvalue weighted by atomic mass is 10.1. The molecule has 1 nitrogen and oxygen atoms in total. The lowest BCUT2D eigenvalue weighted by Crippen LogP contribution is -1.96. The molecule has 3 heteroatoms. The van der Waals surface area contributed by atoms with Crippen LogP contribution < -0.4 is 0 Å². The topological polar surface area (TPSA) is 4.93 Å². The molecule has 0 atom stereocenters. The predicted molar refractivity (Wildman–Crippen MR) is 89.2 cm³/mol. The SMILES string of the molecule is Clc1ccc(Cc2ccn(Cc3ccc(Cl)cc3)c2)cc1. The molecule has 0 aliphatic rings. The number of benzene rings is 2. The molecule has 3 rings (SSSR count). The van der Waals surface area contributed by atoms with Crippen LogP contribution in [0.3, 0.4) is 0 Å². The van der Waals surface area contributed by atoms with Crippen LogP contribution in [0.4, 0.5) is 0 Å². The first kappa shape index (κ1) is 14.2. The average molecular weight is 316 g/mol. The van der Waals surface area contributed by atoms with Gasteiger partial charge in [0.2, 0.25) is 0 Å². The smallest absolute Gasteiger partial charge is 0.0470 e. The highest BCUT2D eigenvalue weighted by atomic mass is 35.5. The third-order valence-corrected chi connectivity index (χ3v) is 3.92. The number of aromatic nitrogens is 1. The van der Waals surface area contributed by atoms with Crippen molar-refractivity contribution in [3.05, 3.63) is 93.7 Å². The van der Waals surface area contributed by atoms with Crippen LogP contribution in [0.1, 0.15) is 16.7 Å². The molecule has 3 aromatic rings. The van der Waals surface area contributed by atoms with Crippen molar-refractivity contribution in [2.24, 2.45) is 0 Å². The van der Waals surface area contributed by atoms with E-state index in [1.807, 2.05) is 24.3 Å². The molecule has 0 spiro atoms. The quantitative estimate of drug-likeness (QED) is 0.604. The summed E-state index contributed by atoms with van der Waals surface area (Å²) in [6.07, 6.45) is 5.22. The van der Waals surface area contributed by atoms with Gasteiger partial charge >= 0.3 is 0 Å². The van der Waals surface area contributed by atoms with E-state index in [2.05, 4.69) is 47.3 Å². The second-order valence-electron chi connectivity index (χ2n) is 5.12. The van der Waals surface area contributed by atoms with Crippen molar-refractivity contribution in [1.29, 1.82) is 0 Å². The Bertz CT molecular complexity index is 650. The Labute approximate surface area is 134 Å². The van der Waals surface area contributed by atoms with E-state index in [1.165, 1.54) is 16.7 Å². The summed E-state index contributed by atoms with van der Waals surface area (Å²) in [5.74, 6) is 0. The fourth-order valence-electron chi connectivity index (χ4n) is 2.33. The Kier molecular flexibility index (Phi) is 4.33. The fourth-order valence-corrected chi connectivity index (χ4v) is 2.58. The molecule has 21 heavy (non-hydrogen) atoms. The molecule has 0 fully saturated rings. The maximum absolute atomic E-state index is 5.91. The lowest BCUT2D eigenvalue weighted by molar-refractivity contribution is 0.803. The van der Waals surface area contributed by atoms with E-state index in [9.17, 15) is 0 Å². The average Bonchev–Trinajstić information content (AvgIpc) is 2.91. The van der Waals surface area contributed by atoms with E-state index in [4.69, 9.17) is 23.2 Å². The van der Waals surface area contributed by atoms with E-state index < -0.39 is 0 Å². The number of hydrogen-bond donors (Lipinski definition) is 0. The van der Waals surface area contributed by atoms with Gasteiger partial charge in [-0.1, -0.05) is 47.5 Å². The minimum atomic E-state index is 0.773. The van der Waals surface area contributed by atoms with Gasteiger partial charge in [0.1, 0.15) is 0 Å². The molecular weight excluding hydrogens is 301 g/mol. The van der Waals surface area contributed by atoms with Gasteiger partial charge in [0.05, 0.1) is 0 Å². The first-order chi connectivity index (χ1) is 10.2. The van der Waals surface area contributed by atoms with Gasteiger partial charge in [-0.3, -0.25) is 0 Å². The van der Waals surface area contributed by atoms with Crippen molar-refractivity contribution in [1.82, 2.24) is 4.57 Å². The monoisotopic (exact) mass is 315 g/mol. The van der Waals surface area contributed by atoms with E-state index in [0.29, 0.717) is 0 Å². The van der Waals surface area contributed by atoms with Gasteiger partial charge in [-0.15, -0.1) is 0 Å². The lowest BCUT2D eigenvalue weighted by Gasteiger charge is -2.03. The number of nitrogens with zero attached hydrogens (tertiary/aromatic N) is 1. The maximum Gasteiger partial charge on any atom is 0.0470 e. The molecule has 0 amide bonds. The Hall–Kier alpha value is -1.70. The summed E-state index contributed by atoms with van der Waals surface area (Å²) < 4.78 is 2.19. The molecule has 0 aliphatic carbocycles. The van der Waals surface area contributed by atoms with Gasteiger partial charge in [-0.2, -0.15) is 0 Å². The minimum Gasteiger partial charge on any atom is -0.350 e. The summed E-state index contributed by atoms with van der Waals surface area (Å²) in [4.78, 5) is 0. The summed E-state index contributed by atoms with van der Waals surface area (Å²) in [7, 11) is 0. The molecule has 0 aliphatic heterocycles. The Balaban J connectivity index is 1.68. The molecule has 0 unspecified atom stereocenters. The van der Waals surface area contributed by atoms with Crippen LogP contribution in [0.15, 0.2) is 67.0 Å². The molecule has 0 saturated heterocycles. The Morgan fingerprint density at radius 3 is 1.86 bits per heavy atom. The van der Waals surface area contributed by atoms with Gasteiger partial charge in [0.15, 0.2) is 0 Å². The van der Waals surface area contributed by atoms with Gasteiger partial charge in [0, 0.05) is 29.0 Å². The summed E-state index contributed by atoms with van der Waals surface area (Å²) in [5.41, 5.74) is 3.81. The van der Waals surface area contributed by atoms with E-state index in [-0.39, 0.29) is 0 Å². The maximum atomic E-state index is 5.91. The van der Waals surface area contributed by atoms with Gasteiger partial charge < -0.3 is 4.57 Å². The molecule has 2 aromatic carbocycles. The molecule has 1 heterocycles. The van der Waals surface area contributed by atoms with Crippen molar-refractivity contribution in [2.75, 3.05) is 0 Å². The van der Waals surface area contributed by atoms with Gasteiger partial charge in [-0.25, -0.2) is 0 Å². The third-order valence-electron chi connectivity index (χ3n) is 3.41. The van der Waals surface area contributed by atoms with E-state index in [0.717, 1.165) is 23.0 Å². The molecule has 0 saturated carbocycles. The van der Waals surface area contributed by atoms with Crippen LogP contribution in [0, 0.1) is 0 Å². The van der Waals surface area contributed by atoms with Crippen LogP contribution in [0.2, 0.25) is 10.0 Å². The molecule has 0 bridgehead atoms. The van der Waals surface area contributed by atoms with Crippen molar-refractivity contribution in [2.45, 2.75) is 13.0 Å². The molecular formula is C18H15Cl2N. The second kappa shape index (κ2) is 6.38. The fraction of sp³-hybridized carbons (Fsp3) is 0.111. The summed E-state index contributed by atoms with van der Waals surface area (Å²) >= 11 is 11.8. The van der Waals surface area contributed by atoms with E-state index in [1.54, 1.807) is 0 Å². The van der Waals surface area contributed by atoms with Crippen molar-refractivity contribution >= 4 is 23.2 Å². The summed E-state index contributed by atoms with van der Waals surface area (Å²) in [5, 5.41) is 1.55. The Morgan fingerprint density at radius 1 is 0.667 bits per heavy atom. The minimum absolute atomic E-state index is 0.773. The van der Waals surface area contributed by atoms with Gasteiger partial charge in [0.25, 0.3) is 0 Å². The van der Waals surface area contributed by atoms with Crippen LogP contribution in [-0.4, -0.2) is 4.57 Å². The highest BCUT2D eigenvalue weighted by molar-refractivity contribution is 6.30. The molecule has 0 radical (unpaired) electrons.